The lowest BCUT2D eigenvalue weighted by Gasteiger charge is -2.06. The molecule has 1 aromatic heterocycles. The standard InChI is InChI=1S/C15H17ClN2OS/c1-3-10(2)14(19)18-15-17-9-12(20-15)8-11-6-4-5-7-13(11)16/h4-7,9-10H,3,8H2,1-2H3,(H,17,18,19). The Morgan fingerprint density at radius 3 is 2.90 bits per heavy atom. The number of nitrogens with one attached hydrogen (secondary N) is 1. The van der Waals surface area contributed by atoms with E-state index >= 15 is 0 Å². The van der Waals surface area contributed by atoms with Gasteiger partial charge < -0.3 is 5.32 Å². The molecule has 106 valence electrons. The molecule has 0 saturated carbocycles. The minimum Gasteiger partial charge on any atom is -0.302 e. The largest absolute Gasteiger partial charge is 0.302 e. The lowest BCUT2D eigenvalue weighted by molar-refractivity contribution is -0.119. The van der Waals surface area contributed by atoms with Gasteiger partial charge in [-0.15, -0.1) is 11.3 Å². The summed E-state index contributed by atoms with van der Waals surface area (Å²) in [5.41, 5.74) is 1.07. The molecule has 1 N–H and O–H groups in total. The van der Waals surface area contributed by atoms with E-state index in [0.717, 1.165) is 28.3 Å². The predicted molar refractivity (Wildman–Crippen MR) is 84.5 cm³/mol. The van der Waals surface area contributed by atoms with Gasteiger partial charge in [-0.2, -0.15) is 0 Å². The lowest BCUT2D eigenvalue weighted by Crippen LogP contribution is -2.19. The first-order valence-electron chi connectivity index (χ1n) is 6.59. The van der Waals surface area contributed by atoms with Gasteiger partial charge in [0.15, 0.2) is 5.13 Å². The van der Waals surface area contributed by atoms with E-state index in [4.69, 9.17) is 11.6 Å². The number of nitrogens with zero attached hydrogens (tertiary/aromatic N) is 1. The van der Waals surface area contributed by atoms with Crippen LogP contribution in [0.1, 0.15) is 30.7 Å². The molecule has 1 aromatic carbocycles. The van der Waals surface area contributed by atoms with Crippen molar-refractivity contribution in [1.29, 1.82) is 0 Å². The number of rotatable bonds is 5. The van der Waals surface area contributed by atoms with Crippen LogP contribution < -0.4 is 5.32 Å². The van der Waals surface area contributed by atoms with Crippen molar-refractivity contribution in [3.63, 3.8) is 0 Å². The van der Waals surface area contributed by atoms with Gasteiger partial charge in [0.1, 0.15) is 0 Å². The maximum Gasteiger partial charge on any atom is 0.228 e. The second-order valence-corrected chi connectivity index (χ2v) is 6.22. The summed E-state index contributed by atoms with van der Waals surface area (Å²) in [6, 6.07) is 7.76. The fraction of sp³-hybridized carbons (Fsp3) is 0.333. The van der Waals surface area contributed by atoms with E-state index in [9.17, 15) is 4.79 Å². The maximum atomic E-state index is 11.8. The SMILES string of the molecule is CCC(C)C(=O)Nc1ncc(Cc2ccccc2Cl)s1. The van der Waals surface area contributed by atoms with Crippen molar-refractivity contribution in [3.8, 4) is 0 Å². The molecule has 3 nitrogen and oxygen atoms in total. The van der Waals surface area contributed by atoms with Gasteiger partial charge in [0, 0.05) is 28.4 Å². The van der Waals surface area contributed by atoms with Gasteiger partial charge in [0.2, 0.25) is 5.91 Å². The molecular weight excluding hydrogens is 292 g/mol. The van der Waals surface area contributed by atoms with Crippen LogP contribution in [0.25, 0.3) is 0 Å². The number of halogens is 1. The molecule has 0 bridgehead atoms. The van der Waals surface area contributed by atoms with Crippen LogP contribution in [0.15, 0.2) is 30.5 Å². The molecule has 1 amide bonds. The zero-order valence-electron chi connectivity index (χ0n) is 11.5. The van der Waals surface area contributed by atoms with E-state index in [1.807, 2.05) is 38.1 Å². The minimum atomic E-state index is 0.00548. The van der Waals surface area contributed by atoms with Crippen molar-refractivity contribution in [3.05, 3.63) is 45.9 Å². The van der Waals surface area contributed by atoms with Crippen molar-refractivity contribution < 1.29 is 4.79 Å². The van der Waals surface area contributed by atoms with Crippen molar-refractivity contribution in [2.75, 3.05) is 5.32 Å². The Kier molecular flexibility index (Phi) is 5.15. The second kappa shape index (κ2) is 6.86. The average Bonchev–Trinajstić information content (AvgIpc) is 2.87. The van der Waals surface area contributed by atoms with E-state index in [1.165, 1.54) is 11.3 Å². The van der Waals surface area contributed by atoms with Gasteiger partial charge in [-0.05, 0) is 18.1 Å². The number of hydrogen-bond donors (Lipinski definition) is 1. The third kappa shape index (κ3) is 3.81. The summed E-state index contributed by atoms with van der Waals surface area (Å²) in [4.78, 5) is 17.1. The maximum absolute atomic E-state index is 11.8. The lowest BCUT2D eigenvalue weighted by atomic mass is 10.1. The van der Waals surface area contributed by atoms with Crippen molar-refractivity contribution in [2.45, 2.75) is 26.7 Å². The molecule has 1 unspecified atom stereocenters. The van der Waals surface area contributed by atoms with E-state index in [2.05, 4.69) is 10.3 Å². The summed E-state index contributed by atoms with van der Waals surface area (Å²) in [6.45, 7) is 3.91. The number of amides is 1. The molecule has 0 spiro atoms. The zero-order chi connectivity index (χ0) is 14.5. The van der Waals surface area contributed by atoms with Crippen LogP contribution in [-0.2, 0) is 11.2 Å². The molecule has 0 fully saturated rings. The van der Waals surface area contributed by atoms with E-state index in [0.29, 0.717) is 5.13 Å². The van der Waals surface area contributed by atoms with E-state index in [-0.39, 0.29) is 11.8 Å². The highest BCUT2D eigenvalue weighted by Crippen LogP contribution is 2.25. The van der Waals surface area contributed by atoms with Crippen LogP contribution in [0.3, 0.4) is 0 Å². The van der Waals surface area contributed by atoms with Crippen molar-refractivity contribution >= 4 is 34.0 Å². The Balaban J connectivity index is 2.03. The Bertz CT molecular complexity index is 597. The van der Waals surface area contributed by atoms with Gasteiger partial charge in [-0.3, -0.25) is 4.79 Å². The molecule has 0 aliphatic heterocycles. The zero-order valence-corrected chi connectivity index (χ0v) is 13.1. The summed E-state index contributed by atoms with van der Waals surface area (Å²) in [5, 5.41) is 4.25. The summed E-state index contributed by atoms with van der Waals surface area (Å²) in [7, 11) is 0. The molecule has 2 rings (SSSR count). The number of thiazole rings is 1. The van der Waals surface area contributed by atoms with Gasteiger partial charge in [0.05, 0.1) is 0 Å². The first kappa shape index (κ1) is 15.0. The molecule has 0 saturated heterocycles. The molecule has 1 atom stereocenters. The van der Waals surface area contributed by atoms with E-state index in [1.54, 1.807) is 6.20 Å². The average molecular weight is 309 g/mol. The fourth-order valence-electron chi connectivity index (χ4n) is 1.69. The molecule has 2 aromatic rings. The Labute approximate surface area is 128 Å². The first-order valence-corrected chi connectivity index (χ1v) is 7.78. The molecule has 5 heteroatoms. The highest BCUT2D eigenvalue weighted by molar-refractivity contribution is 7.15. The number of carbonyl (C=O) groups excluding carboxylic acids is 1. The van der Waals surface area contributed by atoms with Gasteiger partial charge in [-0.25, -0.2) is 4.98 Å². The van der Waals surface area contributed by atoms with E-state index < -0.39 is 0 Å². The van der Waals surface area contributed by atoms with Crippen LogP contribution in [0.4, 0.5) is 5.13 Å². The molecule has 1 heterocycles. The van der Waals surface area contributed by atoms with Crippen LogP contribution >= 0.6 is 22.9 Å². The first-order chi connectivity index (χ1) is 9.60. The number of benzene rings is 1. The third-order valence-corrected chi connectivity index (χ3v) is 4.45. The predicted octanol–water partition coefficient (Wildman–Crippen LogP) is 4.37. The van der Waals surface area contributed by atoms with Crippen LogP contribution in [0, 0.1) is 5.92 Å². The topological polar surface area (TPSA) is 42.0 Å². The summed E-state index contributed by atoms with van der Waals surface area (Å²) < 4.78 is 0. The smallest absolute Gasteiger partial charge is 0.228 e. The minimum absolute atomic E-state index is 0.00548. The number of hydrogen-bond acceptors (Lipinski definition) is 3. The number of aromatic nitrogens is 1. The monoisotopic (exact) mass is 308 g/mol. The molecular formula is C15H17ClN2OS. The van der Waals surface area contributed by atoms with Gasteiger partial charge >= 0.3 is 0 Å². The fourth-order valence-corrected chi connectivity index (χ4v) is 2.73. The van der Waals surface area contributed by atoms with Crippen molar-refractivity contribution in [2.24, 2.45) is 5.92 Å². The van der Waals surface area contributed by atoms with Crippen LogP contribution in [0.2, 0.25) is 5.02 Å². The van der Waals surface area contributed by atoms with Gasteiger partial charge in [-0.1, -0.05) is 43.6 Å². The Morgan fingerprint density at radius 1 is 1.45 bits per heavy atom. The second-order valence-electron chi connectivity index (χ2n) is 4.70. The Morgan fingerprint density at radius 2 is 2.20 bits per heavy atom. The normalized spacial score (nSPS) is 12.2. The van der Waals surface area contributed by atoms with Crippen molar-refractivity contribution in [1.82, 2.24) is 4.98 Å². The quantitative estimate of drug-likeness (QED) is 0.891. The number of anilines is 1. The molecule has 20 heavy (non-hydrogen) atoms. The molecule has 0 aliphatic carbocycles. The summed E-state index contributed by atoms with van der Waals surface area (Å²) >= 11 is 7.63. The van der Waals surface area contributed by atoms with Gasteiger partial charge in [0.25, 0.3) is 0 Å². The molecule has 0 radical (unpaired) electrons. The van der Waals surface area contributed by atoms with Crippen LogP contribution in [-0.4, -0.2) is 10.9 Å². The highest BCUT2D eigenvalue weighted by Gasteiger charge is 2.13. The highest BCUT2D eigenvalue weighted by atomic mass is 35.5. The Hall–Kier alpha value is -1.39. The third-order valence-electron chi connectivity index (χ3n) is 3.17. The number of carbonyl (C=O) groups is 1. The van der Waals surface area contributed by atoms with Crippen LogP contribution in [0.5, 0.6) is 0 Å². The summed E-state index contributed by atoms with van der Waals surface area (Å²) in [5.74, 6) is 0.0251. The summed E-state index contributed by atoms with van der Waals surface area (Å²) in [6.07, 6.45) is 3.35. The molecule has 0 aliphatic rings.